The minimum absolute atomic E-state index is 0.00472. The molecule has 0 aliphatic heterocycles. The Hall–Kier alpha value is -2.59. The molecule has 0 spiro atoms. The van der Waals surface area contributed by atoms with Crippen LogP contribution in [-0.2, 0) is 16.5 Å². The summed E-state index contributed by atoms with van der Waals surface area (Å²) in [6.07, 6.45) is 0.272. The van der Waals surface area contributed by atoms with Crippen LogP contribution in [0.5, 0.6) is 11.6 Å². The molecule has 1 atom stereocenters. The molecule has 146 valence electrons. The molecule has 0 radical (unpaired) electrons. The van der Waals surface area contributed by atoms with Crippen molar-refractivity contribution in [2.75, 3.05) is 6.61 Å². The standard InChI is InChI=1S/C17H16F3NO5S/c1-2-13(22)11-25-16-9-8-15(26-27(23,24)17(18,19)20)14(21-16)10-12-6-4-3-5-7-12/h2-9,13,22H,1,10-11H2. The van der Waals surface area contributed by atoms with E-state index in [9.17, 15) is 26.7 Å². The first-order valence-electron chi connectivity index (χ1n) is 7.60. The lowest BCUT2D eigenvalue weighted by atomic mass is 10.1. The summed E-state index contributed by atoms with van der Waals surface area (Å²) in [5.74, 6) is -0.577. The minimum Gasteiger partial charge on any atom is -0.475 e. The van der Waals surface area contributed by atoms with E-state index in [1.54, 1.807) is 30.3 Å². The van der Waals surface area contributed by atoms with Gasteiger partial charge < -0.3 is 14.0 Å². The summed E-state index contributed by atoms with van der Waals surface area (Å²) >= 11 is 0. The van der Waals surface area contributed by atoms with Gasteiger partial charge in [-0.25, -0.2) is 4.98 Å². The first-order valence-corrected chi connectivity index (χ1v) is 9.01. The van der Waals surface area contributed by atoms with Crippen LogP contribution in [0, 0.1) is 0 Å². The molecule has 0 aliphatic rings. The second kappa shape index (κ2) is 8.40. The normalized spacial score (nSPS) is 13.0. The molecule has 1 unspecified atom stereocenters. The van der Waals surface area contributed by atoms with Crippen molar-refractivity contribution in [2.24, 2.45) is 0 Å². The van der Waals surface area contributed by atoms with E-state index in [2.05, 4.69) is 15.7 Å². The number of ether oxygens (including phenoxy) is 1. The highest BCUT2D eigenvalue weighted by molar-refractivity contribution is 7.88. The molecule has 0 bridgehead atoms. The third kappa shape index (κ3) is 5.69. The van der Waals surface area contributed by atoms with Crippen molar-refractivity contribution in [1.29, 1.82) is 0 Å². The second-order valence-electron chi connectivity index (χ2n) is 5.35. The molecule has 2 rings (SSSR count). The zero-order chi connectivity index (χ0) is 20.1. The average molecular weight is 403 g/mol. The summed E-state index contributed by atoms with van der Waals surface area (Å²) in [6.45, 7) is 3.20. The van der Waals surface area contributed by atoms with Crippen molar-refractivity contribution in [3.8, 4) is 11.6 Å². The van der Waals surface area contributed by atoms with Gasteiger partial charge in [0.1, 0.15) is 12.7 Å². The fourth-order valence-corrected chi connectivity index (χ4v) is 2.43. The van der Waals surface area contributed by atoms with E-state index in [1.807, 2.05) is 0 Å². The van der Waals surface area contributed by atoms with Gasteiger partial charge >= 0.3 is 15.6 Å². The van der Waals surface area contributed by atoms with Gasteiger partial charge in [-0.2, -0.15) is 21.6 Å². The highest BCUT2D eigenvalue weighted by atomic mass is 32.2. The maximum Gasteiger partial charge on any atom is 0.534 e. The number of hydrogen-bond acceptors (Lipinski definition) is 6. The van der Waals surface area contributed by atoms with E-state index >= 15 is 0 Å². The zero-order valence-corrected chi connectivity index (χ0v) is 14.7. The smallest absolute Gasteiger partial charge is 0.475 e. The number of halogens is 3. The Bertz CT molecular complexity index is 885. The molecule has 27 heavy (non-hydrogen) atoms. The molecule has 6 nitrogen and oxygen atoms in total. The van der Waals surface area contributed by atoms with E-state index in [0.29, 0.717) is 5.56 Å². The van der Waals surface area contributed by atoms with Crippen LogP contribution in [0.25, 0.3) is 0 Å². The van der Waals surface area contributed by atoms with E-state index in [1.165, 1.54) is 6.08 Å². The van der Waals surface area contributed by atoms with Crippen molar-refractivity contribution < 1.29 is 35.6 Å². The molecular formula is C17H16F3NO5S. The van der Waals surface area contributed by atoms with Gasteiger partial charge in [-0.1, -0.05) is 36.4 Å². The van der Waals surface area contributed by atoms with Crippen molar-refractivity contribution in [1.82, 2.24) is 4.98 Å². The van der Waals surface area contributed by atoms with Crippen LogP contribution in [0.3, 0.4) is 0 Å². The van der Waals surface area contributed by atoms with Gasteiger partial charge in [0.2, 0.25) is 5.88 Å². The molecule has 1 aromatic carbocycles. The van der Waals surface area contributed by atoms with E-state index < -0.39 is 27.5 Å². The summed E-state index contributed by atoms with van der Waals surface area (Å²) in [7, 11) is -5.84. The molecule has 1 aromatic heterocycles. The summed E-state index contributed by atoms with van der Waals surface area (Å²) in [5, 5.41) is 9.42. The molecule has 1 heterocycles. The molecule has 0 saturated heterocycles. The van der Waals surface area contributed by atoms with Crippen molar-refractivity contribution in [2.45, 2.75) is 18.0 Å². The number of benzene rings is 1. The van der Waals surface area contributed by atoms with Crippen molar-refractivity contribution >= 4 is 10.1 Å². The van der Waals surface area contributed by atoms with E-state index in [-0.39, 0.29) is 24.6 Å². The van der Waals surface area contributed by atoms with Crippen molar-refractivity contribution in [3.63, 3.8) is 0 Å². The molecule has 0 fully saturated rings. The Morgan fingerprint density at radius 3 is 2.44 bits per heavy atom. The quantitative estimate of drug-likeness (QED) is 0.415. The van der Waals surface area contributed by atoms with Crippen LogP contribution >= 0.6 is 0 Å². The van der Waals surface area contributed by atoms with Crippen LogP contribution in [-0.4, -0.2) is 36.7 Å². The highest BCUT2D eigenvalue weighted by Gasteiger charge is 2.48. The van der Waals surface area contributed by atoms with Gasteiger partial charge in [-0.05, 0) is 11.6 Å². The minimum atomic E-state index is -5.84. The number of pyridine rings is 1. The maximum absolute atomic E-state index is 12.6. The fourth-order valence-electron chi connectivity index (χ4n) is 1.94. The number of aliphatic hydroxyl groups excluding tert-OH is 1. The van der Waals surface area contributed by atoms with Crippen LogP contribution < -0.4 is 8.92 Å². The first kappa shape index (κ1) is 20.7. The van der Waals surface area contributed by atoms with Gasteiger partial charge in [-0.3, -0.25) is 0 Å². The fraction of sp³-hybridized carbons (Fsp3) is 0.235. The lowest BCUT2D eigenvalue weighted by Crippen LogP contribution is -2.28. The SMILES string of the molecule is C=CC(O)COc1ccc(OS(=O)(=O)C(F)(F)F)c(Cc2ccccc2)n1. The van der Waals surface area contributed by atoms with Gasteiger partial charge in [0.05, 0.1) is 5.69 Å². The molecule has 2 aromatic rings. The number of nitrogens with zero attached hydrogens (tertiary/aromatic N) is 1. The molecule has 1 N–H and O–H groups in total. The molecular weight excluding hydrogens is 387 g/mol. The summed E-state index contributed by atoms with van der Waals surface area (Å²) in [6, 6.07) is 10.7. The summed E-state index contributed by atoms with van der Waals surface area (Å²) in [4.78, 5) is 4.02. The number of aromatic nitrogens is 1. The second-order valence-corrected chi connectivity index (χ2v) is 6.89. The van der Waals surface area contributed by atoms with E-state index in [4.69, 9.17) is 4.74 Å². The lowest BCUT2D eigenvalue weighted by molar-refractivity contribution is -0.0500. The third-order valence-electron chi connectivity index (χ3n) is 3.28. The van der Waals surface area contributed by atoms with Gasteiger partial charge in [0.15, 0.2) is 5.75 Å². The van der Waals surface area contributed by atoms with Gasteiger partial charge in [0, 0.05) is 12.5 Å². The Labute approximate surface area is 154 Å². The van der Waals surface area contributed by atoms with Crippen LogP contribution in [0.4, 0.5) is 13.2 Å². The Balaban J connectivity index is 2.35. The maximum atomic E-state index is 12.6. The molecule has 0 saturated carbocycles. The Morgan fingerprint density at radius 2 is 1.85 bits per heavy atom. The average Bonchev–Trinajstić information content (AvgIpc) is 2.61. The van der Waals surface area contributed by atoms with Crippen LogP contribution in [0.1, 0.15) is 11.3 Å². The topological polar surface area (TPSA) is 85.7 Å². The molecule has 10 heteroatoms. The van der Waals surface area contributed by atoms with Crippen LogP contribution in [0.15, 0.2) is 55.1 Å². The summed E-state index contributed by atoms with van der Waals surface area (Å²) < 4.78 is 69.9. The number of rotatable bonds is 8. The third-order valence-corrected chi connectivity index (χ3v) is 4.24. The predicted molar refractivity (Wildman–Crippen MR) is 90.8 cm³/mol. The van der Waals surface area contributed by atoms with E-state index in [0.717, 1.165) is 12.1 Å². The molecule has 0 amide bonds. The lowest BCUT2D eigenvalue weighted by Gasteiger charge is -2.14. The molecule has 0 aliphatic carbocycles. The largest absolute Gasteiger partial charge is 0.534 e. The zero-order valence-electron chi connectivity index (χ0n) is 13.9. The monoisotopic (exact) mass is 403 g/mol. The number of alkyl halides is 3. The Kier molecular flexibility index (Phi) is 6.45. The number of hydrogen-bond donors (Lipinski definition) is 1. The first-order chi connectivity index (χ1) is 12.6. The predicted octanol–water partition coefficient (Wildman–Crippen LogP) is 2.83. The van der Waals surface area contributed by atoms with Crippen LogP contribution in [0.2, 0.25) is 0 Å². The highest BCUT2D eigenvalue weighted by Crippen LogP contribution is 2.30. The number of aliphatic hydroxyl groups is 1. The Morgan fingerprint density at radius 1 is 1.19 bits per heavy atom. The summed E-state index contributed by atoms with van der Waals surface area (Å²) in [5.41, 5.74) is -4.97. The van der Waals surface area contributed by atoms with Gasteiger partial charge in [-0.15, -0.1) is 6.58 Å². The van der Waals surface area contributed by atoms with Gasteiger partial charge in [0.25, 0.3) is 0 Å². The van der Waals surface area contributed by atoms with Crippen molar-refractivity contribution in [3.05, 3.63) is 66.4 Å².